The number of benzene rings is 3. The van der Waals surface area contributed by atoms with Crippen LogP contribution >= 0.6 is 0 Å². The number of hydrogen-bond acceptors (Lipinski definition) is 4. The monoisotopic (exact) mass is 487 g/mol. The Balaban J connectivity index is 1.94. The molecule has 0 aliphatic rings. The number of aromatic nitrogens is 2. The summed E-state index contributed by atoms with van der Waals surface area (Å²) in [7, 11) is 1.47. The lowest BCUT2D eigenvalue weighted by atomic mass is 9.84. The molecule has 1 heterocycles. The van der Waals surface area contributed by atoms with Crippen molar-refractivity contribution in [1.82, 2.24) is 14.9 Å². The van der Waals surface area contributed by atoms with Crippen molar-refractivity contribution >= 4 is 16.9 Å². The van der Waals surface area contributed by atoms with Gasteiger partial charge in [0.25, 0.3) is 5.91 Å². The molecule has 4 aromatic rings. The van der Waals surface area contributed by atoms with Crippen molar-refractivity contribution in [2.24, 2.45) is 7.05 Å². The van der Waals surface area contributed by atoms with Crippen molar-refractivity contribution in [2.45, 2.75) is 18.6 Å². The molecule has 0 radical (unpaired) electrons. The van der Waals surface area contributed by atoms with Gasteiger partial charge in [-0.25, -0.2) is 22.5 Å². The number of aliphatic hydroxyl groups excluding tert-OH is 1. The van der Waals surface area contributed by atoms with Gasteiger partial charge in [0.15, 0.2) is 11.4 Å². The van der Waals surface area contributed by atoms with Gasteiger partial charge in [-0.1, -0.05) is 0 Å². The maximum Gasteiger partial charge on any atom is 0.251 e. The predicted molar refractivity (Wildman–Crippen MR) is 120 cm³/mol. The van der Waals surface area contributed by atoms with Gasteiger partial charge in [0, 0.05) is 42.4 Å². The standard InChI is InChI=1S/C25H21F4N3O3/c1-13(33)12-30-23(34)14-3-8-21-22(9-14)32(2)24(31-21)25(35,17-6-4-15(26)10-19(17)28)18-7-5-16(27)11-20(18)29/h3-11,13,33,35H,12H2,1-2H3,(H,30,34)/t13-/m1/s1. The van der Waals surface area contributed by atoms with E-state index in [1.54, 1.807) is 0 Å². The van der Waals surface area contributed by atoms with Crippen LogP contribution in [0.4, 0.5) is 17.6 Å². The molecule has 6 nitrogen and oxygen atoms in total. The topological polar surface area (TPSA) is 87.4 Å². The summed E-state index contributed by atoms with van der Waals surface area (Å²) in [5.74, 6) is -4.87. The number of nitrogens with one attached hydrogen (secondary N) is 1. The zero-order chi connectivity index (χ0) is 25.5. The van der Waals surface area contributed by atoms with Gasteiger partial charge in [-0.05, 0) is 49.4 Å². The molecule has 3 aromatic carbocycles. The molecular formula is C25H21F4N3O3. The SMILES string of the molecule is C[C@@H](O)CNC(=O)c1ccc2nc(C(O)(c3ccc(F)cc3F)c3ccc(F)cc3F)n(C)c2c1. The number of rotatable bonds is 6. The molecule has 1 aromatic heterocycles. The van der Waals surface area contributed by atoms with E-state index >= 15 is 0 Å². The quantitative estimate of drug-likeness (QED) is 0.363. The average Bonchev–Trinajstić information content (AvgIpc) is 3.13. The number of imidazole rings is 1. The number of aryl methyl sites for hydroxylation is 1. The minimum Gasteiger partial charge on any atom is -0.392 e. The molecule has 0 spiro atoms. The third kappa shape index (κ3) is 4.38. The largest absolute Gasteiger partial charge is 0.392 e. The number of aliphatic hydroxyl groups is 2. The molecule has 4 rings (SSSR count). The molecule has 1 amide bonds. The smallest absolute Gasteiger partial charge is 0.251 e. The molecule has 3 N–H and O–H groups in total. The molecule has 0 aliphatic carbocycles. The highest BCUT2D eigenvalue weighted by molar-refractivity contribution is 5.97. The number of carbonyl (C=O) groups is 1. The number of amides is 1. The van der Waals surface area contributed by atoms with Gasteiger partial charge in [-0.3, -0.25) is 4.79 Å². The molecule has 182 valence electrons. The van der Waals surface area contributed by atoms with E-state index in [9.17, 15) is 32.6 Å². The Morgan fingerprint density at radius 1 is 1.00 bits per heavy atom. The molecule has 0 unspecified atom stereocenters. The van der Waals surface area contributed by atoms with E-state index in [2.05, 4.69) is 10.3 Å². The lowest BCUT2D eigenvalue weighted by molar-refractivity contribution is 0.0924. The third-order valence-electron chi connectivity index (χ3n) is 5.67. The first-order chi connectivity index (χ1) is 16.5. The molecular weight excluding hydrogens is 466 g/mol. The Morgan fingerprint density at radius 3 is 2.09 bits per heavy atom. The van der Waals surface area contributed by atoms with Gasteiger partial charge in [0.2, 0.25) is 0 Å². The molecule has 0 aliphatic heterocycles. The van der Waals surface area contributed by atoms with Crippen LogP contribution in [0.15, 0.2) is 54.6 Å². The average molecular weight is 487 g/mol. The maximum absolute atomic E-state index is 14.9. The van der Waals surface area contributed by atoms with Gasteiger partial charge in [0.05, 0.1) is 17.1 Å². The van der Waals surface area contributed by atoms with Crippen molar-refractivity contribution in [3.8, 4) is 0 Å². The number of nitrogens with zero attached hydrogens (tertiary/aromatic N) is 2. The summed E-state index contributed by atoms with van der Waals surface area (Å²) in [6.45, 7) is 1.54. The van der Waals surface area contributed by atoms with Gasteiger partial charge < -0.3 is 20.1 Å². The Bertz CT molecular complexity index is 1380. The number of carbonyl (C=O) groups excluding carboxylic acids is 1. The van der Waals surface area contributed by atoms with Gasteiger partial charge in [-0.2, -0.15) is 0 Å². The number of halogens is 4. The highest BCUT2D eigenvalue weighted by atomic mass is 19.1. The van der Waals surface area contributed by atoms with E-state index in [-0.39, 0.29) is 23.4 Å². The van der Waals surface area contributed by atoms with E-state index < -0.39 is 52.0 Å². The Hall–Kier alpha value is -3.76. The summed E-state index contributed by atoms with van der Waals surface area (Å²) in [4.78, 5) is 16.8. The lowest BCUT2D eigenvalue weighted by Gasteiger charge is -2.29. The summed E-state index contributed by atoms with van der Waals surface area (Å²) < 4.78 is 58.5. The number of hydrogen-bond donors (Lipinski definition) is 3. The van der Waals surface area contributed by atoms with Gasteiger partial charge in [0.1, 0.15) is 23.3 Å². The Kier molecular flexibility index (Phi) is 6.35. The van der Waals surface area contributed by atoms with Crippen LogP contribution in [0.5, 0.6) is 0 Å². The van der Waals surface area contributed by atoms with Crippen LogP contribution in [0.1, 0.15) is 34.2 Å². The fraction of sp³-hybridized carbons (Fsp3) is 0.200. The van der Waals surface area contributed by atoms with Crippen LogP contribution in [0.25, 0.3) is 11.0 Å². The van der Waals surface area contributed by atoms with Crippen LogP contribution < -0.4 is 5.32 Å². The normalized spacial score (nSPS) is 12.7. The van der Waals surface area contributed by atoms with E-state index in [0.717, 1.165) is 24.3 Å². The Labute approximate surface area is 197 Å². The second-order valence-electron chi connectivity index (χ2n) is 8.22. The molecule has 10 heteroatoms. The molecule has 0 bridgehead atoms. The van der Waals surface area contributed by atoms with Crippen LogP contribution in [0, 0.1) is 23.3 Å². The highest BCUT2D eigenvalue weighted by Crippen LogP contribution is 2.40. The lowest BCUT2D eigenvalue weighted by Crippen LogP contribution is -2.34. The fourth-order valence-corrected chi connectivity index (χ4v) is 3.95. The minimum absolute atomic E-state index is 0.0287. The van der Waals surface area contributed by atoms with E-state index in [1.165, 1.54) is 36.7 Å². The molecule has 0 saturated carbocycles. The van der Waals surface area contributed by atoms with Crippen LogP contribution in [-0.4, -0.2) is 38.3 Å². The summed E-state index contributed by atoms with van der Waals surface area (Å²) >= 11 is 0. The van der Waals surface area contributed by atoms with Crippen LogP contribution in [0.2, 0.25) is 0 Å². The highest BCUT2D eigenvalue weighted by Gasteiger charge is 2.43. The van der Waals surface area contributed by atoms with Crippen molar-refractivity contribution < 1.29 is 32.6 Å². The first kappa shape index (κ1) is 24.4. The van der Waals surface area contributed by atoms with E-state index in [4.69, 9.17) is 0 Å². The van der Waals surface area contributed by atoms with Crippen molar-refractivity contribution in [3.05, 3.63) is 100 Å². The molecule has 1 atom stereocenters. The first-order valence-corrected chi connectivity index (χ1v) is 10.6. The van der Waals surface area contributed by atoms with Crippen molar-refractivity contribution in [3.63, 3.8) is 0 Å². The summed E-state index contributed by atoms with van der Waals surface area (Å²) in [6.07, 6.45) is -0.753. The summed E-state index contributed by atoms with van der Waals surface area (Å²) in [5, 5.41) is 23.8. The second-order valence-corrected chi connectivity index (χ2v) is 8.22. The number of fused-ring (bicyclic) bond motifs is 1. The van der Waals surface area contributed by atoms with Crippen LogP contribution in [0.3, 0.4) is 0 Å². The maximum atomic E-state index is 14.9. The fourth-order valence-electron chi connectivity index (χ4n) is 3.95. The van der Waals surface area contributed by atoms with Crippen molar-refractivity contribution in [1.29, 1.82) is 0 Å². The third-order valence-corrected chi connectivity index (χ3v) is 5.67. The van der Waals surface area contributed by atoms with E-state index in [1.807, 2.05) is 0 Å². The van der Waals surface area contributed by atoms with E-state index in [0.29, 0.717) is 17.6 Å². The van der Waals surface area contributed by atoms with Gasteiger partial charge >= 0.3 is 0 Å². The van der Waals surface area contributed by atoms with Crippen LogP contribution in [-0.2, 0) is 12.6 Å². The summed E-state index contributed by atoms with van der Waals surface area (Å²) in [5.41, 5.74) is -2.74. The van der Waals surface area contributed by atoms with Gasteiger partial charge in [-0.15, -0.1) is 0 Å². The summed E-state index contributed by atoms with van der Waals surface area (Å²) in [6, 6.07) is 9.21. The molecule has 35 heavy (non-hydrogen) atoms. The Morgan fingerprint density at radius 2 is 1.57 bits per heavy atom. The predicted octanol–water partition coefficient (Wildman–Crippen LogP) is 3.52. The second kappa shape index (κ2) is 9.12. The molecule has 0 saturated heterocycles. The minimum atomic E-state index is -2.59. The van der Waals surface area contributed by atoms with Crippen molar-refractivity contribution in [2.75, 3.05) is 6.54 Å². The molecule has 0 fully saturated rings. The zero-order valence-corrected chi connectivity index (χ0v) is 18.7. The zero-order valence-electron chi connectivity index (χ0n) is 18.7. The first-order valence-electron chi connectivity index (χ1n) is 10.6.